The monoisotopic (exact) mass is 827 g/mol. The predicted molar refractivity (Wildman–Crippen MR) is 181 cm³/mol. The smallest absolute Gasteiger partial charge is 0.301 e. The second kappa shape index (κ2) is 12.6. The summed E-state index contributed by atoms with van der Waals surface area (Å²) in [6, 6.07) is 4.02. The molecule has 3 fully saturated rings. The average molecular weight is 828 g/mol. The SMILES string of the molecule is CN(C)c1c([N+](=O)[O-])cc(N2C(=O)[C@H]3[C@H](CC=C4[C@H]3C[C@@]3(Cl)C(=O)N(c5c(F)c(F)c(F)c(F)c5F)C(=O)[C@@]3(Cl)[C@H]4c3ccc(O)c(F)c3)C2=O)cc1[N+](=O)[O-]. The Labute approximate surface area is 318 Å². The molecule has 0 radical (unpaired) electrons. The number of amides is 4. The van der Waals surface area contributed by atoms with E-state index in [-0.39, 0.29) is 17.6 Å². The van der Waals surface area contributed by atoms with Crippen LogP contribution in [0.4, 0.5) is 54.8 Å². The van der Waals surface area contributed by atoms with Crippen molar-refractivity contribution in [3.63, 3.8) is 0 Å². The number of fused-ring (bicyclic) bond motifs is 4. The van der Waals surface area contributed by atoms with Crippen molar-refractivity contribution in [2.75, 3.05) is 28.8 Å². The van der Waals surface area contributed by atoms with Gasteiger partial charge >= 0.3 is 11.4 Å². The maximum atomic E-state index is 15.2. The second-order valence-corrected chi connectivity index (χ2v) is 14.9. The van der Waals surface area contributed by atoms with E-state index < -0.39 is 147 Å². The van der Waals surface area contributed by atoms with E-state index in [1.54, 1.807) is 0 Å². The molecule has 4 amide bonds. The molecule has 14 nitrogen and oxygen atoms in total. The lowest BCUT2D eigenvalue weighted by Gasteiger charge is -2.50. The lowest BCUT2D eigenvalue weighted by molar-refractivity contribution is -0.392. The van der Waals surface area contributed by atoms with E-state index >= 15 is 8.78 Å². The molecule has 1 saturated carbocycles. The molecule has 0 spiro atoms. The van der Waals surface area contributed by atoms with Gasteiger partial charge in [0.05, 0.1) is 27.4 Å². The molecule has 2 saturated heterocycles. The van der Waals surface area contributed by atoms with Gasteiger partial charge in [-0.3, -0.25) is 39.4 Å². The van der Waals surface area contributed by atoms with E-state index in [2.05, 4.69) is 0 Å². The number of hydrogen-bond donors (Lipinski definition) is 1. The zero-order valence-corrected chi connectivity index (χ0v) is 29.7. The molecule has 2 aliphatic heterocycles. The normalized spacial score (nSPS) is 26.9. The number of aromatic hydroxyl groups is 1. The van der Waals surface area contributed by atoms with Crippen LogP contribution in [0, 0.1) is 72.9 Å². The first-order valence-electron chi connectivity index (χ1n) is 16.1. The maximum Gasteiger partial charge on any atom is 0.301 e. The first-order valence-corrected chi connectivity index (χ1v) is 16.9. The molecule has 2 aliphatic carbocycles. The zero-order valence-electron chi connectivity index (χ0n) is 28.2. The fourth-order valence-corrected chi connectivity index (χ4v) is 9.29. The van der Waals surface area contributed by atoms with Crippen LogP contribution in [-0.4, -0.2) is 62.4 Å². The van der Waals surface area contributed by atoms with Crippen molar-refractivity contribution in [1.29, 1.82) is 0 Å². The molecule has 2 heterocycles. The Morgan fingerprint density at radius 3 is 1.88 bits per heavy atom. The molecule has 22 heteroatoms. The zero-order chi connectivity index (χ0) is 41.2. The quantitative estimate of drug-likeness (QED) is 0.0460. The van der Waals surface area contributed by atoms with E-state index in [1.165, 1.54) is 20.2 Å². The van der Waals surface area contributed by atoms with Crippen molar-refractivity contribution in [1.82, 2.24) is 0 Å². The van der Waals surface area contributed by atoms with Gasteiger partial charge in [0.2, 0.25) is 17.6 Å². The molecule has 7 rings (SSSR count). The van der Waals surface area contributed by atoms with Crippen LogP contribution in [0.25, 0.3) is 0 Å². The van der Waals surface area contributed by atoms with Crippen LogP contribution in [0.2, 0.25) is 0 Å². The van der Waals surface area contributed by atoms with Gasteiger partial charge in [-0.2, -0.15) is 0 Å². The molecule has 3 aromatic rings. The summed E-state index contributed by atoms with van der Waals surface area (Å²) in [7, 11) is 2.56. The summed E-state index contributed by atoms with van der Waals surface area (Å²) >= 11 is 14.0. The summed E-state index contributed by atoms with van der Waals surface area (Å²) in [5, 5.41) is 34.1. The third-order valence-electron chi connectivity index (χ3n) is 10.7. The molecule has 4 aliphatic rings. The molecule has 56 heavy (non-hydrogen) atoms. The van der Waals surface area contributed by atoms with Crippen molar-refractivity contribution in [3.05, 3.63) is 103 Å². The third kappa shape index (κ3) is 4.90. The van der Waals surface area contributed by atoms with Gasteiger partial charge in [0.15, 0.2) is 50.3 Å². The summed E-state index contributed by atoms with van der Waals surface area (Å²) in [6.45, 7) is 0. The number of benzene rings is 3. The van der Waals surface area contributed by atoms with Crippen molar-refractivity contribution < 1.29 is 60.5 Å². The van der Waals surface area contributed by atoms with E-state index in [0.717, 1.165) is 29.2 Å². The highest BCUT2D eigenvalue weighted by Gasteiger charge is 2.77. The lowest BCUT2D eigenvalue weighted by Crippen LogP contribution is -2.60. The first kappa shape index (κ1) is 38.5. The minimum absolute atomic E-state index is 0.0639. The number of rotatable bonds is 6. The minimum Gasteiger partial charge on any atom is -0.505 e. The Kier molecular flexibility index (Phi) is 8.69. The average Bonchev–Trinajstić information content (AvgIpc) is 3.48. The summed E-state index contributed by atoms with van der Waals surface area (Å²) in [6.07, 6.45) is 0.0149. The van der Waals surface area contributed by atoms with Gasteiger partial charge in [0.1, 0.15) is 5.69 Å². The van der Waals surface area contributed by atoms with Gasteiger partial charge < -0.3 is 10.0 Å². The number of phenols is 1. The van der Waals surface area contributed by atoms with Gasteiger partial charge in [-0.25, -0.2) is 36.1 Å². The molecule has 0 aromatic heterocycles. The third-order valence-corrected chi connectivity index (χ3v) is 12.1. The van der Waals surface area contributed by atoms with Crippen LogP contribution < -0.4 is 14.7 Å². The summed E-state index contributed by atoms with van der Waals surface area (Å²) in [5.74, 6) is -27.1. The Balaban J connectivity index is 1.42. The van der Waals surface area contributed by atoms with E-state index in [9.17, 15) is 62.1 Å². The van der Waals surface area contributed by atoms with Crippen molar-refractivity contribution in [2.45, 2.75) is 28.5 Å². The molecule has 6 atom stereocenters. The Hall–Kier alpha value is -5.76. The molecule has 292 valence electrons. The Bertz CT molecular complexity index is 2370. The Morgan fingerprint density at radius 1 is 0.804 bits per heavy atom. The summed E-state index contributed by atoms with van der Waals surface area (Å²) < 4.78 is 88.3. The van der Waals surface area contributed by atoms with E-state index in [0.29, 0.717) is 11.0 Å². The van der Waals surface area contributed by atoms with Crippen molar-refractivity contribution >= 4 is 75.3 Å². The number of alkyl halides is 2. The maximum absolute atomic E-state index is 15.2. The van der Waals surface area contributed by atoms with Crippen molar-refractivity contribution in [3.8, 4) is 5.75 Å². The molecule has 1 N–H and O–H groups in total. The number of hydrogen-bond acceptors (Lipinski definition) is 10. The van der Waals surface area contributed by atoms with Crippen LogP contribution >= 0.6 is 23.2 Å². The molecular formula is C34H21Cl2F6N5O9. The highest BCUT2D eigenvalue weighted by molar-refractivity contribution is 6.58. The van der Waals surface area contributed by atoms with Gasteiger partial charge in [-0.1, -0.05) is 17.7 Å². The van der Waals surface area contributed by atoms with Crippen LogP contribution in [-0.2, 0) is 19.2 Å². The second-order valence-electron chi connectivity index (χ2n) is 13.7. The van der Waals surface area contributed by atoms with E-state index in [4.69, 9.17) is 23.2 Å². The number of nitro groups is 2. The number of anilines is 3. The van der Waals surface area contributed by atoms with Gasteiger partial charge in [-0.15, -0.1) is 23.2 Å². The molecule has 0 bridgehead atoms. The number of halogens is 8. The lowest BCUT2D eigenvalue weighted by atomic mass is 9.56. The predicted octanol–water partition coefficient (Wildman–Crippen LogP) is 5.88. The minimum atomic E-state index is -2.97. The molecular weight excluding hydrogens is 807 g/mol. The number of imide groups is 2. The highest BCUT2D eigenvalue weighted by atomic mass is 35.5. The van der Waals surface area contributed by atoms with Gasteiger partial charge in [0.25, 0.3) is 11.8 Å². The number of carbonyl (C=O) groups is 4. The van der Waals surface area contributed by atoms with Crippen LogP contribution in [0.1, 0.15) is 24.3 Å². The fourth-order valence-electron chi connectivity index (χ4n) is 8.35. The largest absolute Gasteiger partial charge is 0.505 e. The van der Waals surface area contributed by atoms with Crippen LogP contribution in [0.3, 0.4) is 0 Å². The Morgan fingerprint density at radius 2 is 1.36 bits per heavy atom. The van der Waals surface area contributed by atoms with Gasteiger partial charge in [-0.05, 0) is 36.5 Å². The number of allylic oxidation sites excluding steroid dienone is 2. The number of nitrogens with zero attached hydrogens (tertiary/aromatic N) is 5. The van der Waals surface area contributed by atoms with Crippen LogP contribution in [0.15, 0.2) is 42.0 Å². The summed E-state index contributed by atoms with van der Waals surface area (Å²) in [5.41, 5.74) is -5.17. The summed E-state index contributed by atoms with van der Waals surface area (Å²) in [4.78, 5) is 74.4. The number of phenolic OH excluding ortho intramolecular Hbond substituents is 1. The van der Waals surface area contributed by atoms with Gasteiger partial charge in [0, 0.05) is 32.1 Å². The molecule has 3 aromatic carbocycles. The van der Waals surface area contributed by atoms with E-state index in [1.807, 2.05) is 0 Å². The molecule has 0 unspecified atom stereocenters. The first-order chi connectivity index (χ1) is 26.1. The van der Waals surface area contributed by atoms with Crippen LogP contribution in [0.5, 0.6) is 5.75 Å². The number of carbonyl (C=O) groups excluding carboxylic acids is 4. The standard InChI is InChI=1S/C34H21Cl2F6N5O9/c1-43(2)27-17(46(53)54)8-12(9-18(27)47(55)56)44-29(49)14-5-4-13-15(20(14)30(44)50)10-33(35)31(51)45(28-25(41)23(39)22(38)24(40)26(28)42)32(52)34(33,36)21(13)11-3-6-19(48)16(37)7-11/h3-4,6-9,14-15,20-21,48H,5,10H2,1-2H3/t14-,15+,20-,21-,33+,34-/m0/s1. The fraction of sp³-hybridized carbons (Fsp3) is 0.294. The highest BCUT2D eigenvalue weighted by Crippen LogP contribution is 2.66. The van der Waals surface area contributed by atoms with Crippen molar-refractivity contribution in [2.24, 2.45) is 17.8 Å². The topological polar surface area (TPSA) is 185 Å². The number of nitro benzene ring substituents is 2.